The van der Waals surface area contributed by atoms with Gasteiger partial charge in [-0.15, -0.1) is 0 Å². The van der Waals surface area contributed by atoms with Gasteiger partial charge in [-0.25, -0.2) is 0 Å². The molecule has 1 aromatic rings. The van der Waals surface area contributed by atoms with Gasteiger partial charge in [0.15, 0.2) is 6.04 Å². The number of nitrogens with one attached hydrogen (secondary N) is 2. The average molecular weight is 396 g/mol. The van der Waals surface area contributed by atoms with E-state index in [9.17, 15) is 19.5 Å². The lowest BCUT2D eigenvalue weighted by molar-refractivity contribution is -0.657. The maximum Gasteiger partial charge on any atom is 0.278 e. The van der Waals surface area contributed by atoms with E-state index in [4.69, 9.17) is 11.6 Å². The quantitative estimate of drug-likeness (QED) is 0.454. The lowest BCUT2D eigenvalue weighted by atomic mass is 9.95. The fourth-order valence-corrected chi connectivity index (χ4v) is 3.29. The standard InChI is InChI=1S/C19H26ClN3O4/c20-15-7-5-13(6-8-15)14(11-17(24)22-10-2-4-18(25)26)12-23-19(27)16-3-1-9-21-16/h5-8,14,16,21H,1-4,9-12H2,(H,22,24)(H,23,27)(H,25,26)/t14-,16-/m0/s1. The summed E-state index contributed by atoms with van der Waals surface area (Å²) in [6.07, 6.45) is 2.34. The molecule has 1 aliphatic heterocycles. The van der Waals surface area contributed by atoms with Gasteiger partial charge in [-0.3, -0.25) is 9.59 Å². The third-order valence-electron chi connectivity index (χ3n) is 4.68. The van der Waals surface area contributed by atoms with Crippen molar-refractivity contribution in [3.8, 4) is 0 Å². The minimum Gasteiger partial charge on any atom is -0.550 e. The first kappa shape index (κ1) is 21.2. The highest BCUT2D eigenvalue weighted by atomic mass is 35.5. The first-order valence-electron chi connectivity index (χ1n) is 9.28. The molecular weight excluding hydrogens is 370 g/mol. The number of carbonyl (C=O) groups excluding carboxylic acids is 3. The van der Waals surface area contributed by atoms with Crippen LogP contribution in [0.15, 0.2) is 24.3 Å². The van der Waals surface area contributed by atoms with E-state index < -0.39 is 5.97 Å². The highest BCUT2D eigenvalue weighted by Crippen LogP contribution is 2.21. The number of halogens is 1. The molecule has 0 spiro atoms. The molecule has 0 bridgehead atoms. The van der Waals surface area contributed by atoms with Gasteiger partial charge >= 0.3 is 0 Å². The third kappa shape index (κ3) is 7.56. The summed E-state index contributed by atoms with van der Waals surface area (Å²) in [5.41, 5.74) is 0.917. The highest BCUT2D eigenvalue weighted by Gasteiger charge is 2.27. The molecule has 148 valence electrons. The molecular formula is C19H26ClN3O4. The van der Waals surface area contributed by atoms with Crippen LogP contribution in [0.5, 0.6) is 0 Å². The molecule has 0 aliphatic carbocycles. The first-order chi connectivity index (χ1) is 13.0. The number of carbonyl (C=O) groups is 3. The average Bonchev–Trinajstić information content (AvgIpc) is 3.17. The van der Waals surface area contributed by atoms with E-state index in [0.29, 0.717) is 18.0 Å². The molecule has 2 atom stereocenters. The second-order valence-corrected chi connectivity index (χ2v) is 7.23. The molecule has 1 saturated heterocycles. The fraction of sp³-hybridized carbons (Fsp3) is 0.526. The molecule has 2 amide bonds. The Bertz CT molecular complexity index is 645. The van der Waals surface area contributed by atoms with Crippen molar-refractivity contribution in [1.29, 1.82) is 0 Å². The summed E-state index contributed by atoms with van der Waals surface area (Å²) in [5, 5.41) is 18.7. The molecule has 0 saturated carbocycles. The molecule has 1 aliphatic rings. The van der Waals surface area contributed by atoms with E-state index in [2.05, 4.69) is 10.6 Å². The molecule has 1 aromatic carbocycles. The lowest BCUT2D eigenvalue weighted by Crippen LogP contribution is -2.89. The van der Waals surface area contributed by atoms with Crippen LogP contribution in [-0.2, 0) is 14.4 Å². The Morgan fingerprint density at radius 3 is 2.59 bits per heavy atom. The topological polar surface area (TPSA) is 115 Å². The second-order valence-electron chi connectivity index (χ2n) is 6.80. The van der Waals surface area contributed by atoms with Crippen LogP contribution in [-0.4, -0.2) is 43.5 Å². The number of benzene rings is 1. The van der Waals surface area contributed by atoms with E-state index >= 15 is 0 Å². The van der Waals surface area contributed by atoms with Crippen molar-refractivity contribution < 1.29 is 24.8 Å². The van der Waals surface area contributed by atoms with Crippen LogP contribution in [0.4, 0.5) is 0 Å². The number of amides is 2. The Balaban J connectivity index is 1.90. The van der Waals surface area contributed by atoms with Crippen LogP contribution in [0.2, 0.25) is 5.02 Å². The summed E-state index contributed by atoms with van der Waals surface area (Å²) in [6.45, 7) is 1.60. The summed E-state index contributed by atoms with van der Waals surface area (Å²) in [7, 11) is 0. The number of hydrogen-bond donors (Lipinski definition) is 3. The van der Waals surface area contributed by atoms with Crippen LogP contribution in [0.25, 0.3) is 0 Å². The van der Waals surface area contributed by atoms with Crippen LogP contribution in [0.3, 0.4) is 0 Å². The van der Waals surface area contributed by atoms with Gasteiger partial charge in [-0.2, -0.15) is 0 Å². The van der Waals surface area contributed by atoms with Gasteiger partial charge in [-0.05, 0) is 30.5 Å². The Morgan fingerprint density at radius 2 is 1.96 bits per heavy atom. The summed E-state index contributed by atoms with van der Waals surface area (Å²) in [6, 6.07) is 7.17. The number of nitrogens with two attached hydrogens (primary N) is 1. The van der Waals surface area contributed by atoms with Gasteiger partial charge in [0.2, 0.25) is 5.91 Å². The van der Waals surface area contributed by atoms with E-state index in [1.54, 1.807) is 12.1 Å². The van der Waals surface area contributed by atoms with Gasteiger partial charge in [-0.1, -0.05) is 23.7 Å². The van der Waals surface area contributed by atoms with Gasteiger partial charge in [0.05, 0.1) is 6.54 Å². The maximum atomic E-state index is 12.3. The number of rotatable bonds is 10. The molecule has 4 N–H and O–H groups in total. The Kier molecular flexibility index (Phi) is 8.54. The molecule has 1 heterocycles. The van der Waals surface area contributed by atoms with Crippen molar-refractivity contribution in [2.24, 2.45) is 0 Å². The van der Waals surface area contributed by atoms with Gasteiger partial charge in [0.1, 0.15) is 0 Å². The van der Waals surface area contributed by atoms with E-state index in [-0.39, 0.29) is 43.2 Å². The lowest BCUT2D eigenvalue weighted by Gasteiger charge is -2.19. The Hall–Kier alpha value is -2.12. The summed E-state index contributed by atoms with van der Waals surface area (Å²) in [4.78, 5) is 34.9. The predicted molar refractivity (Wildman–Crippen MR) is 98.9 cm³/mol. The zero-order valence-electron chi connectivity index (χ0n) is 15.2. The SMILES string of the molecule is O=C([O-])CCCNC(=O)C[C@@H](CNC(=O)[C@@H]1CCC[NH2+]1)c1ccc(Cl)cc1. The van der Waals surface area contributed by atoms with E-state index in [1.165, 1.54) is 0 Å². The van der Waals surface area contributed by atoms with Crippen molar-refractivity contribution in [1.82, 2.24) is 10.6 Å². The summed E-state index contributed by atoms with van der Waals surface area (Å²) in [5.74, 6) is -1.50. The van der Waals surface area contributed by atoms with Crippen molar-refractivity contribution in [2.75, 3.05) is 19.6 Å². The predicted octanol–water partition coefficient (Wildman–Crippen LogP) is -0.698. The monoisotopic (exact) mass is 395 g/mol. The molecule has 0 radical (unpaired) electrons. The summed E-state index contributed by atoms with van der Waals surface area (Å²) >= 11 is 5.94. The molecule has 2 rings (SSSR count). The smallest absolute Gasteiger partial charge is 0.278 e. The number of aliphatic carboxylic acids is 1. The molecule has 27 heavy (non-hydrogen) atoms. The number of carboxylic acid groups (broad SMARTS) is 1. The van der Waals surface area contributed by atoms with Crippen molar-refractivity contribution in [3.63, 3.8) is 0 Å². The number of carboxylic acids is 1. The normalized spacial score (nSPS) is 17.3. The number of quaternary nitrogens is 1. The fourth-order valence-electron chi connectivity index (χ4n) is 3.17. The Labute approximate surface area is 163 Å². The third-order valence-corrected chi connectivity index (χ3v) is 4.93. The second kappa shape index (κ2) is 10.9. The molecule has 7 nitrogen and oxygen atoms in total. The van der Waals surface area contributed by atoms with Crippen molar-refractivity contribution in [3.05, 3.63) is 34.9 Å². The molecule has 1 fully saturated rings. The van der Waals surface area contributed by atoms with Gasteiger partial charge in [0.25, 0.3) is 5.91 Å². The van der Waals surface area contributed by atoms with E-state index in [0.717, 1.165) is 24.9 Å². The van der Waals surface area contributed by atoms with Crippen LogP contribution >= 0.6 is 11.6 Å². The molecule has 0 unspecified atom stereocenters. The maximum absolute atomic E-state index is 12.3. The summed E-state index contributed by atoms with van der Waals surface area (Å²) < 4.78 is 0. The van der Waals surface area contributed by atoms with Crippen LogP contribution in [0, 0.1) is 0 Å². The first-order valence-corrected chi connectivity index (χ1v) is 9.66. The van der Waals surface area contributed by atoms with Crippen molar-refractivity contribution >= 4 is 29.4 Å². The van der Waals surface area contributed by atoms with Crippen LogP contribution < -0.4 is 21.1 Å². The van der Waals surface area contributed by atoms with Gasteiger partial charge < -0.3 is 25.9 Å². The van der Waals surface area contributed by atoms with Crippen molar-refractivity contribution in [2.45, 2.75) is 44.1 Å². The number of hydrogen-bond acceptors (Lipinski definition) is 4. The highest BCUT2D eigenvalue weighted by molar-refractivity contribution is 6.30. The zero-order chi connectivity index (χ0) is 19.6. The van der Waals surface area contributed by atoms with Gasteiger partial charge in [0, 0.05) is 49.3 Å². The minimum absolute atomic E-state index is 0.000768. The largest absolute Gasteiger partial charge is 0.550 e. The minimum atomic E-state index is -1.13. The van der Waals surface area contributed by atoms with Crippen LogP contribution in [0.1, 0.15) is 43.6 Å². The molecule has 8 heteroatoms. The zero-order valence-corrected chi connectivity index (χ0v) is 16.0. The molecule has 0 aromatic heterocycles. The Morgan fingerprint density at radius 1 is 1.22 bits per heavy atom. The van der Waals surface area contributed by atoms with E-state index in [1.807, 2.05) is 17.4 Å².